The molecule has 0 amide bonds. The van der Waals surface area contributed by atoms with Crippen LogP contribution in [0.4, 0.5) is 0 Å². The van der Waals surface area contributed by atoms with Crippen molar-refractivity contribution in [2.75, 3.05) is 0 Å². The van der Waals surface area contributed by atoms with Crippen molar-refractivity contribution < 1.29 is 0 Å². The van der Waals surface area contributed by atoms with Crippen molar-refractivity contribution in [3.63, 3.8) is 0 Å². The lowest BCUT2D eigenvalue weighted by Crippen LogP contribution is -2.24. The predicted octanol–water partition coefficient (Wildman–Crippen LogP) is 8.05. The molecule has 0 heterocycles. The summed E-state index contributed by atoms with van der Waals surface area (Å²) in [5.74, 6) is 3.48. The van der Waals surface area contributed by atoms with E-state index in [0.29, 0.717) is 11.8 Å². The van der Waals surface area contributed by atoms with Crippen LogP contribution in [0.25, 0.3) is 0 Å². The van der Waals surface area contributed by atoms with Crippen LogP contribution in [0.5, 0.6) is 0 Å². The number of rotatable bonds is 8. The third kappa shape index (κ3) is 5.85. The minimum atomic E-state index is 0.317. The van der Waals surface area contributed by atoms with Crippen molar-refractivity contribution in [1.82, 2.24) is 0 Å². The number of nitrogens with zero attached hydrogens (tertiary/aromatic N) is 1. The molecule has 2 aliphatic carbocycles. The zero-order valence-electron chi connectivity index (χ0n) is 18.3. The van der Waals surface area contributed by atoms with E-state index < -0.39 is 0 Å². The van der Waals surface area contributed by atoms with Crippen LogP contribution in [-0.2, 0) is 6.42 Å². The van der Waals surface area contributed by atoms with Crippen LogP contribution in [0.1, 0.15) is 108 Å². The van der Waals surface area contributed by atoms with E-state index in [-0.39, 0.29) is 0 Å². The highest BCUT2D eigenvalue weighted by atomic mass is 14.4. The van der Waals surface area contributed by atoms with E-state index in [0.717, 1.165) is 17.8 Å². The number of nitriles is 1. The van der Waals surface area contributed by atoms with Gasteiger partial charge in [-0.1, -0.05) is 70.2 Å². The van der Waals surface area contributed by atoms with Gasteiger partial charge >= 0.3 is 0 Å². The second-order valence-electron chi connectivity index (χ2n) is 9.75. The van der Waals surface area contributed by atoms with Gasteiger partial charge in [0.2, 0.25) is 0 Å². The van der Waals surface area contributed by atoms with Gasteiger partial charge in [-0.2, -0.15) is 5.26 Å². The molecule has 1 aromatic rings. The van der Waals surface area contributed by atoms with Gasteiger partial charge in [-0.05, 0) is 86.2 Å². The van der Waals surface area contributed by atoms with E-state index in [2.05, 4.69) is 44.2 Å². The van der Waals surface area contributed by atoms with Crippen LogP contribution < -0.4 is 0 Å². The van der Waals surface area contributed by atoms with Crippen molar-refractivity contribution >= 4 is 0 Å². The summed E-state index contributed by atoms with van der Waals surface area (Å²) in [7, 11) is 0. The third-order valence-electron chi connectivity index (χ3n) is 7.75. The van der Waals surface area contributed by atoms with E-state index in [9.17, 15) is 5.26 Å². The van der Waals surface area contributed by atoms with Crippen LogP contribution in [0, 0.1) is 35.0 Å². The van der Waals surface area contributed by atoms with Gasteiger partial charge in [-0.25, -0.2) is 0 Å². The van der Waals surface area contributed by atoms with Gasteiger partial charge in [0.25, 0.3) is 0 Å². The lowest BCUT2D eigenvalue weighted by atomic mass is 9.70. The smallest absolute Gasteiger partial charge is 0.0658 e. The van der Waals surface area contributed by atoms with Gasteiger partial charge in [0.1, 0.15) is 0 Å². The third-order valence-corrected chi connectivity index (χ3v) is 7.75. The minimum absolute atomic E-state index is 0.317. The molecule has 0 N–H and O–H groups in total. The summed E-state index contributed by atoms with van der Waals surface area (Å²) in [6.07, 6.45) is 17.0. The molecule has 28 heavy (non-hydrogen) atoms. The van der Waals surface area contributed by atoms with Gasteiger partial charge in [0, 0.05) is 5.92 Å². The second kappa shape index (κ2) is 11.0. The first-order chi connectivity index (χ1) is 13.7. The molecule has 1 atom stereocenters. The Bertz CT molecular complexity index is 594. The lowest BCUT2D eigenvalue weighted by Gasteiger charge is -2.34. The van der Waals surface area contributed by atoms with E-state index >= 15 is 0 Å². The Morgan fingerprint density at radius 2 is 1.50 bits per heavy atom. The largest absolute Gasteiger partial charge is 0.198 e. The molecule has 0 bridgehead atoms. The molecule has 154 valence electrons. The van der Waals surface area contributed by atoms with Crippen molar-refractivity contribution in [2.45, 2.75) is 103 Å². The fraction of sp³-hybridized carbons (Fsp3) is 0.741. The molecule has 0 saturated heterocycles. The molecular weight excluding hydrogens is 338 g/mol. The van der Waals surface area contributed by atoms with Crippen molar-refractivity contribution in [1.29, 1.82) is 5.26 Å². The standard InChI is InChI=1S/C27H41N/c1-3-5-21-7-13-24(14-8-21)25-17-11-23(12-18-25)19-27(20-28)26-15-9-22(6-4-2)10-16-26/h7-8,13-14,22-23,25-27H,3-6,9-12,15-19H2,1-2H3/t22-,23-,25-,26-,27?. The Morgan fingerprint density at radius 3 is 2.07 bits per heavy atom. The summed E-state index contributed by atoms with van der Waals surface area (Å²) in [6, 6.07) is 12.2. The molecule has 2 saturated carbocycles. The Balaban J connectivity index is 1.44. The maximum atomic E-state index is 9.83. The topological polar surface area (TPSA) is 23.8 Å². The molecule has 0 radical (unpaired) electrons. The highest BCUT2D eigenvalue weighted by molar-refractivity contribution is 5.26. The first-order valence-corrected chi connectivity index (χ1v) is 12.2. The van der Waals surface area contributed by atoms with Gasteiger partial charge < -0.3 is 0 Å². The number of benzene rings is 1. The second-order valence-corrected chi connectivity index (χ2v) is 9.75. The van der Waals surface area contributed by atoms with Crippen LogP contribution in [-0.4, -0.2) is 0 Å². The zero-order chi connectivity index (χ0) is 19.8. The monoisotopic (exact) mass is 379 g/mol. The van der Waals surface area contributed by atoms with Gasteiger partial charge in [-0.3, -0.25) is 0 Å². The highest BCUT2D eigenvalue weighted by Gasteiger charge is 2.31. The van der Waals surface area contributed by atoms with E-state index in [1.54, 1.807) is 5.56 Å². The quantitative estimate of drug-likeness (QED) is 0.448. The summed E-state index contributed by atoms with van der Waals surface area (Å²) < 4.78 is 0. The number of aryl methyl sites for hydroxylation is 1. The molecule has 1 heteroatoms. The molecule has 2 fully saturated rings. The van der Waals surface area contributed by atoms with E-state index in [1.165, 1.54) is 89.0 Å². The highest BCUT2D eigenvalue weighted by Crippen LogP contribution is 2.42. The van der Waals surface area contributed by atoms with E-state index in [1.807, 2.05) is 0 Å². The lowest BCUT2D eigenvalue weighted by molar-refractivity contribution is 0.189. The molecule has 2 aliphatic rings. The number of hydrogen-bond acceptors (Lipinski definition) is 1. The first-order valence-electron chi connectivity index (χ1n) is 12.2. The average Bonchev–Trinajstić information content (AvgIpc) is 2.74. The maximum Gasteiger partial charge on any atom is 0.0658 e. The SMILES string of the molecule is CCCc1ccc([C@H]2CC[C@H](CC(C#N)[C@H]3CC[C@H](CCC)CC3)CC2)cc1. The van der Waals surface area contributed by atoms with E-state index in [4.69, 9.17) is 0 Å². The van der Waals surface area contributed by atoms with Gasteiger partial charge in [-0.15, -0.1) is 0 Å². The molecule has 1 aromatic carbocycles. The van der Waals surface area contributed by atoms with Crippen LogP contribution >= 0.6 is 0 Å². The van der Waals surface area contributed by atoms with Crippen LogP contribution in [0.15, 0.2) is 24.3 Å². The number of hydrogen-bond donors (Lipinski definition) is 0. The minimum Gasteiger partial charge on any atom is -0.198 e. The molecular formula is C27H41N. The van der Waals surface area contributed by atoms with Crippen LogP contribution in [0.2, 0.25) is 0 Å². The molecule has 0 spiro atoms. The Labute approximate surface area is 173 Å². The summed E-state index contributed by atoms with van der Waals surface area (Å²) >= 11 is 0. The van der Waals surface area contributed by atoms with Gasteiger partial charge in [0.15, 0.2) is 0 Å². The summed E-state index contributed by atoms with van der Waals surface area (Å²) in [5.41, 5.74) is 3.02. The maximum absolute atomic E-state index is 9.83. The Hall–Kier alpha value is -1.29. The fourth-order valence-electron chi connectivity index (χ4n) is 5.97. The van der Waals surface area contributed by atoms with Crippen molar-refractivity contribution in [2.24, 2.45) is 23.7 Å². The summed E-state index contributed by atoms with van der Waals surface area (Å²) in [4.78, 5) is 0. The Kier molecular flexibility index (Phi) is 8.44. The summed E-state index contributed by atoms with van der Waals surface area (Å²) in [6.45, 7) is 4.56. The Morgan fingerprint density at radius 1 is 0.857 bits per heavy atom. The summed E-state index contributed by atoms with van der Waals surface area (Å²) in [5, 5.41) is 9.83. The molecule has 0 aliphatic heterocycles. The van der Waals surface area contributed by atoms with Crippen molar-refractivity contribution in [3.05, 3.63) is 35.4 Å². The normalized spacial score (nSPS) is 29.2. The van der Waals surface area contributed by atoms with Crippen LogP contribution in [0.3, 0.4) is 0 Å². The first kappa shape index (κ1) is 21.4. The average molecular weight is 380 g/mol. The predicted molar refractivity (Wildman–Crippen MR) is 119 cm³/mol. The molecule has 1 nitrogen and oxygen atoms in total. The zero-order valence-corrected chi connectivity index (χ0v) is 18.3. The molecule has 3 rings (SSSR count). The molecule has 0 aromatic heterocycles. The van der Waals surface area contributed by atoms with Gasteiger partial charge in [0.05, 0.1) is 6.07 Å². The fourth-order valence-corrected chi connectivity index (χ4v) is 5.97. The molecule has 1 unspecified atom stereocenters. The van der Waals surface area contributed by atoms with Crippen molar-refractivity contribution in [3.8, 4) is 6.07 Å².